The molecule has 1 unspecified atom stereocenters. The van der Waals surface area contributed by atoms with Crippen LogP contribution in [0.1, 0.15) is 6.92 Å². The van der Waals surface area contributed by atoms with Crippen LogP contribution in [0.3, 0.4) is 0 Å². The van der Waals surface area contributed by atoms with E-state index in [1.165, 1.54) is 0 Å². The highest BCUT2D eigenvalue weighted by Crippen LogP contribution is 1.95. The molecule has 0 aliphatic carbocycles. The van der Waals surface area contributed by atoms with Gasteiger partial charge in [0.05, 0.1) is 5.97 Å². The van der Waals surface area contributed by atoms with E-state index < -0.39 is 20.2 Å². The van der Waals surface area contributed by atoms with E-state index in [0.29, 0.717) is 0 Å². The summed E-state index contributed by atoms with van der Waals surface area (Å²) in [5, 5.41) is 10.2. The molecule has 1 N–H and O–H groups in total. The summed E-state index contributed by atoms with van der Waals surface area (Å²) in [4.78, 5) is 13.2. The second-order valence-electron chi connectivity index (χ2n) is 3.44. The van der Waals surface area contributed by atoms with Gasteiger partial charge in [-0.15, -0.1) is 0 Å². The first-order valence-electron chi connectivity index (χ1n) is 3.31. The molecule has 0 amide bonds. The van der Waals surface area contributed by atoms with Crippen molar-refractivity contribution in [2.45, 2.75) is 32.6 Å². The summed E-state index contributed by atoms with van der Waals surface area (Å²) in [6.45, 7) is 7.75. The summed E-state index contributed by atoms with van der Waals surface area (Å²) in [6, 6.07) is -0.522. The van der Waals surface area contributed by atoms with E-state index in [2.05, 4.69) is 4.98 Å². The van der Waals surface area contributed by atoms with Gasteiger partial charge in [-0.1, -0.05) is 19.6 Å². The third-order valence-corrected chi connectivity index (χ3v) is 2.30. The standard InChI is InChI=1S/C6H15NO2Si/c1-5(6(8)9)7-10(2,3)4/h5,7H,1-4H3,(H,8,9)/p-1. The van der Waals surface area contributed by atoms with Gasteiger partial charge in [0.1, 0.15) is 8.24 Å². The molecular weight excluding hydrogens is 146 g/mol. The molecule has 3 nitrogen and oxygen atoms in total. The minimum Gasteiger partial charge on any atom is -0.548 e. The summed E-state index contributed by atoms with van der Waals surface area (Å²) in [7, 11) is -1.45. The highest BCUT2D eigenvalue weighted by molar-refractivity contribution is 6.73. The molecule has 0 rings (SSSR count). The van der Waals surface area contributed by atoms with Gasteiger partial charge < -0.3 is 14.9 Å². The van der Waals surface area contributed by atoms with Crippen molar-refractivity contribution in [3.05, 3.63) is 0 Å². The lowest BCUT2D eigenvalue weighted by molar-refractivity contribution is -0.307. The predicted molar refractivity (Wildman–Crippen MR) is 41.0 cm³/mol. The minimum absolute atomic E-state index is 0.522. The van der Waals surface area contributed by atoms with E-state index in [1.54, 1.807) is 6.92 Å². The molecule has 60 valence electrons. The summed E-state index contributed by atoms with van der Waals surface area (Å²) < 4.78 is 0. The molecule has 0 aromatic rings. The van der Waals surface area contributed by atoms with Gasteiger partial charge in [-0.25, -0.2) is 0 Å². The Labute approximate surface area is 62.5 Å². The van der Waals surface area contributed by atoms with Crippen molar-refractivity contribution in [3.63, 3.8) is 0 Å². The molecule has 0 fully saturated rings. The summed E-state index contributed by atoms with van der Waals surface area (Å²) in [6.07, 6.45) is 0. The topological polar surface area (TPSA) is 52.2 Å². The second kappa shape index (κ2) is 3.16. The molecule has 0 aliphatic rings. The smallest absolute Gasteiger partial charge is 0.116 e. The Bertz CT molecular complexity index is 130. The Kier molecular flexibility index (Phi) is 3.05. The van der Waals surface area contributed by atoms with Crippen LogP contribution in [0.4, 0.5) is 0 Å². The molecule has 0 heterocycles. The fourth-order valence-electron chi connectivity index (χ4n) is 0.708. The maximum absolute atomic E-state index is 10.2. The average molecular weight is 160 g/mol. The van der Waals surface area contributed by atoms with Crippen LogP contribution < -0.4 is 10.1 Å². The number of rotatable bonds is 3. The molecule has 1 atom stereocenters. The molecule has 10 heavy (non-hydrogen) atoms. The van der Waals surface area contributed by atoms with E-state index in [9.17, 15) is 9.90 Å². The summed E-state index contributed by atoms with van der Waals surface area (Å²) in [5.74, 6) is -1.03. The maximum Gasteiger partial charge on any atom is 0.116 e. The van der Waals surface area contributed by atoms with Crippen molar-refractivity contribution >= 4 is 14.2 Å². The Hall–Kier alpha value is -0.353. The van der Waals surface area contributed by atoms with Crippen LogP contribution in [-0.2, 0) is 4.79 Å². The number of carboxylic acids is 1. The molecule has 0 radical (unpaired) electrons. The van der Waals surface area contributed by atoms with Crippen molar-refractivity contribution in [3.8, 4) is 0 Å². The van der Waals surface area contributed by atoms with Crippen molar-refractivity contribution in [1.29, 1.82) is 0 Å². The molecule has 0 spiro atoms. The first-order valence-corrected chi connectivity index (χ1v) is 6.81. The Morgan fingerprint density at radius 2 is 1.90 bits per heavy atom. The normalized spacial score (nSPS) is 14.8. The van der Waals surface area contributed by atoms with Crippen LogP contribution in [0.15, 0.2) is 0 Å². The van der Waals surface area contributed by atoms with Gasteiger partial charge in [-0.3, -0.25) is 0 Å². The van der Waals surface area contributed by atoms with E-state index in [0.717, 1.165) is 0 Å². The van der Waals surface area contributed by atoms with E-state index in [4.69, 9.17) is 0 Å². The number of hydrogen-bond donors (Lipinski definition) is 1. The number of nitrogens with one attached hydrogen (secondary N) is 1. The van der Waals surface area contributed by atoms with Crippen molar-refractivity contribution in [1.82, 2.24) is 4.98 Å². The van der Waals surface area contributed by atoms with Gasteiger partial charge in [0.2, 0.25) is 0 Å². The molecule has 0 aromatic heterocycles. The number of carbonyl (C=O) groups is 1. The van der Waals surface area contributed by atoms with Crippen molar-refractivity contribution < 1.29 is 9.90 Å². The van der Waals surface area contributed by atoms with Gasteiger partial charge in [0.15, 0.2) is 0 Å². The molecular formula is C6H14NO2Si-. The lowest BCUT2D eigenvalue weighted by Gasteiger charge is -2.24. The van der Waals surface area contributed by atoms with Crippen LogP contribution in [0, 0.1) is 0 Å². The van der Waals surface area contributed by atoms with E-state index in [1.807, 2.05) is 19.6 Å². The van der Waals surface area contributed by atoms with Crippen LogP contribution in [0.5, 0.6) is 0 Å². The van der Waals surface area contributed by atoms with Gasteiger partial charge in [0, 0.05) is 6.04 Å². The van der Waals surface area contributed by atoms with Crippen molar-refractivity contribution in [2.75, 3.05) is 0 Å². The zero-order chi connectivity index (χ0) is 8.36. The monoisotopic (exact) mass is 160 g/mol. The summed E-state index contributed by atoms with van der Waals surface area (Å²) in [5.41, 5.74) is 0. The number of aliphatic carboxylic acids is 1. The van der Waals surface area contributed by atoms with Crippen LogP contribution in [0.2, 0.25) is 19.6 Å². The maximum atomic E-state index is 10.2. The van der Waals surface area contributed by atoms with E-state index >= 15 is 0 Å². The Morgan fingerprint density at radius 1 is 1.50 bits per heavy atom. The molecule has 0 aliphatic heterocycles. The SMILES string of the molecule is CC(N[Si](C)(C)C)C(=O)[O-]. The van der Waals surface area contributed by atoms with E-state index in [-0.39, 0.29) is 0 Å². The highest BCUT2D eigenvalue weighted by atomic mass is 28.3. The van der Waals surface area contributed by atoms with Gasteiger partial charge >= 0.3 is 0 Å². The molecule has 0 saturated heterocycles. The van der Waals surface area contributed by atoms with Gasteiger partial charge in [-0.2, -0.15) is 0 Å². The summed E-state index contributed by atoms with van der Waals surface area (Å²) >= 11 is 0. The Balaban J connectivity index is 3.80. The first kappa shape index (κ1) is 9.65. The molecule has 0 aromatic carbocycles. The first-order chi connectivity index (χ1) is 4.33. The lowest BCUT2D eigenvalue weighted by atomic mass is 10.4. The third-order valence-electron chi connectivity index (χ3n) is 1.00. The van der Waals surface area contributed by atoms with Gasteiger partial charge in [-0.05, 0) is 6.92 Å². The number of carboxylic acid groups (broad SMARTS) is 1. The zero-order valence-electron chi connectivity index (χ0n) is 6.89. The number of hydrogen-bond acceptors (Lipinski definition) is 3. The quantitative estimate of drug-likeness (QED) is 0.569. The highest BCUT2D eigenvalue weighted by Gasteiger charge is 2.15. The van der Waals surface area contributed by atoms with Crippen LogP contribution in [0.25, 0.3) is 0 Å². The van der Waals surface area contributed by atoms with Crippen molar-refractivity contribution in [2.24, 2.45) is 0 Å². The minimum atomic E-state index is -1.45. The zero-order valence-corrected chi connectivity index (χ0v) is 7.89. The van der Waals surface area contributed by atoms with Crippen LogP contribution >= 0.6 is 0 Å². The second-order valence-corrected chi connectivity index (χ2v) is 8.22. The number of carbonyl (C=O) groups excluding carboxylic acids is 1. The third kappa shape index (κ3) is 4.52. The van der Waals surface area contributed by atoms with Gasteiger partial charge in [0.25, 0.3) is 0 Å². The predicted octanol–water partition coefficient (Wildman–Crippen LogP) is -0.451. The molecule has 0 saturated carbocycles. The molecule has 4 heteroatoms. The fourth-order valence-corrected chi connectivity index (χ4v) is 2.13. The Morgan fingerprint density at radius 3 is 2.00 bits per heavy atom. The average Bonchev–Trinajstić information content (AvgIpc) is 1.60. The fraction of sp³-hybridized carbons (Fsp3) is 0.833. The largest absolute Gasteiger partial charge is 0.548 e. The molecule has 0 bridgehead atoms. The van der Waals surface area contributed by atoms with Crippen LogP contribution in [-0.4, -0.2) is 20.2 Å². The lowest BCUT2D eigenvalue weighted by Crippen LogP contribution is -2.53.